The second-order valence-electron chi connectivity index (χ2n) is 5.91. The van der Waals surface area contributed by atoms with Gasteiger partial charge in [-0.15, -0.1) is 0 Å². The normalized spacial score (nSPS) is 12.0. The zero-order chi connectivity index (χ0) is 17.9. The Kier molecular flexibility index (Phi) is 5.39. The van der Waals surface area contributed by atoms with Gasteiger partial charge in [0.15, 0.2) is 0 Å². The van der Waals surface area contributed by atoms with Gasteiger partial charge in [-0.2, -0.15) is 5.10 Å². The van der Waals surface area contributed by atoms with Crippen LogP contribution < -0.4 is 5.32 Å². The Morgan fingerprint density at radius 2 is 2.04 bits per heavy atom. The molecule has 128 valence electrons. The molecule has 6 heteroatoms. The molecule has 6 nitrogen and oxygen atoms in total. The van der Waals surface area contributed by atoms with Crippen LogP contribution in [0.1, 0.15) is 52.3 Å². The molecule has 1 atom stereocenters. The summed E-state index contributed by atoms with van der Waals surface area (Å²) in [5.74, 6) is -1.13. The molecule has 0 aliphatic rings. The fraction of sp³-hybridized carbons (Fsp3) is 0.389. The highest BCUT2D eigenvalue weighted by Gasteiger charge is 2.21. The summed E-state index contributed by atoms with van der Waals surface area (Å²) in [6.07, 6.45) is 0.646. The number of nitrogens with zero attached hydrogens (tertiary/aromatic N) is 2. The van der Waals surface area contributed by atoms with Crippen LogP contribution in [0.15, 0.2) is 24.3 Å². The van der Waals surface area contributed by atoms with Gasteiger partial charge in [0, 0.05) is 23.9 Å². The SMILES string of the molecule is CCC(NC(=O)c1cccc(CC(=O)O)c1)c1c(C)nn(C)c1C. The summed E-state index contributed by atoms with van der Waals surface area (Å²) >= 11 is 0. The molecule has 1 amide bonds. The summed E-state index contributed by atoms with van der Waals surface area (Å²) in [6, 6.07) is 6.59. The lowest BCUT2D eigenvalue weighted by atomic mass is 10.0. The van der Waals surface area contributed by atoms with Gasteiger partial charge in [-0.25, -0.2) is 0 Å². The predicted octanol–water partition coefficient (Wildman–Crippen LogP) is 2.55. The maximum Gasteiger partial charge on any atom is 0.307 e. The standard InChI is InChI=1S/C18H23N3O3/c1-5-15(17-11(2)20-21(4)12(17)3)19-18(24)14-8-6-7-13(9-14)10-16(22)23/h6-9,15H,5,10H2,1-4H3,(H,19,24)(H,22,23). The van der Waals surface area contributed by atoms with Crippen LogP contribution in [0.2, 0.25) is 0 Å². The third-order valence-corrected chi connectivity index (χ3v) is 4.17. The third kappa shape index (κ3) is 3.82. The number of carbonyl (C=O) groups excluding carboxylic acids is 1. The van der Waals surface area contributed by atoms with E-state index < -0.39 is 5.97 Å². The summed E-state index contributed by atoms with van der Waals surface area (Å²) in [4.78, 5) is 23.4. The fourth-order valence-electron chi connectivity index (χ4n) is 2.91. The predicted molar refractivity (Wildman–Crippen MR) is 91.0 cm³/mol. The van der Waals surface area contributed by atoms with Crippen LogP contribution in [-0.2, 0) is 18.3 Å². The molecule has 2 rings (SSSR count). The van der Waals surface area contributed by atoms with E-state index in [9.17, 15) is 9.59 Å². The molecule has 0 aliphatic carbocycles. The minimum Gasteiger partial charge on any atom is -0.481 e. The van der Waals surface area contributed by atoms with Gasteiger partial charge in [-0.1, -0.05) is 19.1 Å². The van der Waals surface area contributed by atoms with Gasteiger partial charge in [0.1, 0.15) is 0 Å². The lowest BCUT2D eigenvalue weighted by molar-refractivity contribution is -0.136. The highest BCUT2D eigenvalue weighted by molar-refractivity contribution is 5.94. The molecule has 0 fully saturated rings. The second-order valence-corrected chi connectivity index (χ2v) is 5.91. The highest BCUT2D eigenvalue weighted by Crippen LogP contribution is 2.24. The van der Waals surface area contributed by atoms with E-state index in [4.69, 9.17) is 5.11 Å². The van der Waals surface area contributed by atoms with Crippen LogP contribution >= 0.6 is 0 Å². The van der Waals surface area contributed by atoms with Crippen molar-refractivity contribution >= 4 is 11.9 Å². The molecule has 1 unspecified atom stereocenters. The van der Waals surface area contributed by atoms with Gasteiger partial charge in [-0.05, 0) is 38.0 Å². The number of aromatic nitrogens is 2. The van der Waals surface area contributed by atoms with E-state index in [0.717, 1.165) is 23.4 Å². The van der Waals surface area contributed by atoms with E-state index in [-0.39, 0.29) is 18.4 Å². The average molecular weight is 329 g/mol. The van der Waals surface area contributed by atoms with E-state index in [1.165, 1.54) is 0 Å². The molecule has 1 aromatic heterocycles. The summed E-state index contributed by atoms with van der Waals surface area (Å²) < 4.78 is 1.81. The van der Waals surface area contributed by atoms with Gasteiger partial charge < -0.3 is 10.4 Å². The molecule has 0 aliphatic heterocycles. The van der Waals surface area contributed by atoms with Crippen molar-refractivity contribution in [1.29, 1.82) is 0 Å². The Hall–Kier alpha value is -2.63. The Morgan fingerprint density at radius 3 is 2.58 bits per heavy atom. The molecule has 24 heavy (non-hydrogen) atoms. The van der Waals surface area contributed by atoms with Gasteiger partial charge in [0.05, 0.1) is 18.2 Å². The zero-order valence-corrected chi connectivity index (χ0v) is 14.5. The largest absolute Gasteiger partial charge is 0.481 e. The molecular weight excluding hydrogens is 306 g/mol. The molecule has 1 heterocycles. The van der Waals surface area contributed by atoms with Crippen LogP contribution in [0.25, 0.3) is 0 Å². The second kappa shape index (κ2) is 7.29. The maximum absolute atomic E-state index is 12.6. The summed E-state index contributed by atoms with van der Waals surface area (Å²) in [7, 11) is 1.88. The van der Waals surface area contributed by atoms with E-state index in [2.05, 4.69) is 10.4 Å². The number of benzene rings is 1. The molecule has 0 saturated heterocycles. The van der Waals surface area contributed by atoms with Crippen molar-refractivity contribution in [2.24, 2.45) is 7.05 Å². The Bertz CT molecular complexity index is 765. The number of nitrogens with one attached hydrogen (secondary N) is 1. The Balaban J connectivity index is 2.22. The van der Waals surface area contributed by atoms with Crippen LogP contribution in [0.5, 0.6) is 0 Å². The number of carboxylic acid groups (broad SMARTS) is 1. The van der Waals surface area contributed by atoms with Crippen molar-refractivity contribution in [2.75, 3.05) is 0 Å². The topological polar surface area (TPSA) is 84.2 Å². The third-order valence-electron chi connectivity index (χ3n) is 4.17. The van der Waals surface area contributed by atoms with Crippen molar-refractivity contribution in [2.45, 2.75) is 39.7 Å². The zero-order valence-electron chi connectivity index (χ0n) is 14.5. The molecule has 0 saturated carbocycles. The van der Waals surface area contributed by atoms with Gasteiger partial charge in [0.25, 0.3) is 5.91 Å². The number of aryl methyl sites for hydroxylation is 2. The number of carbonyl (C=O) groups is 2. The van der Waals surface area contributed by atoms with Crippen molar-refractivity contribution in [1.82, 2.24) is 15.1 Å². The van der Waals surface area contributed by atoms with Crippen LogP contribution in [0.4, 0.5) is 0 Å². The molecular formula is C18H23N3O3. The first kappa shape index (κ1) is 17.7. The van der Waals surface area contributed by atoms with E-state index in [1.54, 1.807) is 24.3 Å². The average Bonchev–Trinajstić information content (AvgIpc) is 2.77. The number of hydrogen-bond donors (Lipinski definition) is 2. The molecule has 0 bridgehead atoms. The fourth-order valence-corrected chi connectivity index (χ4v) is 2.91. The number of aliphatic carboxylic acids is 1. The van der Waals surface area contributed by atoms with Crippen LogP contribution in [-0.4, -0.2) is 26.8 Å². The molecule has 1 aromatic carbocycles. The lowest BCUT2D eigenvalue weighted by Crippen LogP contribution is -2.29. The van der Waals surface area contributed by atoms with E-state index >= 15 is 0 Å². The van der Waals surface area contributed by atoms with Gasteiger partial charge in [0.2, 0.25) is 0 Å². The number of hydrogen-bond acceptors (Lipinski definition) is 3. The van der Waals surface area contributed by atoms with Crippen LogP contribution in [0, 0.1) is 13.8 Å². The number of rotatable bonds is 6. The molecule has 0 radical (unpaired) electrons. The quantitative estimate of drug-likeness (QED) is 0.853. The van der Waals surface area contributed by atoms with Crippen LogP contribution in [0.3, 0.4) is 0 Å². The number of carboxylic acids is 1. The highest BCUT2D eigenvalue weighted by atomic mass is 16.4. The summed E-state index contributed by atoms with van der Waals surface area (Å²) in [5.41, 5.74) is 4.04. The van der Waals surface area contributed by atoms with Crippen molar-refractivity contribution in [3.05, 3.63) is 52.3 Å². The Labute approximate surface area is 141 Å². The minimum absolute atomic E-state index is 0.0981. The first-order chi connectivity index (χ1) is 11.3. The maximum atomic E-state index is 12.6. The minimum atomic E-state index is -0.916. The van der Waals surface area contributed by atoms with Crippen molar-refractivity contribution in [3.63, 3.8) is 0 Å². The molecule has 2 N–H and O–H groups in total. The first-order valence-corrected chi connectivity index (χ1v) is 7.95. The molecule has 0 spiro atoms. The van der Waals surface area contributed by atoms with Crippen molar-refractivity contribution < 1.29 is 14.7 Å². The summed E-state index contributed by atoms with van der Waals surface area (Å²) in [5, 5.41) is 16.3. The first-order valence-electron chi connectivity index (χ1n) is 7.95. The smallest absolute Gasteiger partial charge is 0.307 e. The number of amides is 1. The van der Waals surface area contributed by atoms with Crippen molar-refractivity contribution in [3.8, 4) is 0 Å². The molecule has 2 aromatic rings. The van der Waals surface area contributed by atoms with Gasteiger partial charge >= 0.3 is 5.97 Å². The summed E-state index contributed by atoms with van der Waals surface area (Å²) in [6.45, 7) is 5.93. The lowest BCUT2D eigenvalue weighted by Gasteiger charge is -2.18. The monoisotopic (exact) mass is 329 g/mol. The van der Waals surface area contributed by atoms with E-state index in [1.807, 2.05) is 32.5 Å². The Morgan fingerprint density at radius 1 is 1.33 bits per heavy atom. The van der Waals surface area contributed by atoms with Gasteiger partial charge in [-0.3, -0.25) is 14.3 Å². The van der Waals surface area contributed by atoms with E-state index in [0.29, 0.717) is 11.1 Å².